The van der Waals surface area contributed by atoms with Gasteiger partial charge in [0.15, 0.2) is 0 Å². The number of urea groups is 1. The molecule has 0 aromatic heterocycles. The third kappa shape index (κ3) is 5.57. The van der Waals surface area contributed by atoms with Crippen molar-refractivity contribution in [1.82, 2.24) is 15.3 Å². The first-order valence-corrected chi connectivity index (χ1v) is 9.76. The van der Waals surface area contributed by atoms with Crippen molar-refractivity contribution in [3.63, 3.8) is 0 Å². The number of aromatic hydroxyl groups is 1. The van der Waals surface area contributed by atoms with Gasteiger partial charge in [-0.15, -0.1) is 0 Å². The van der Waals surface area contributed by atoms with Gasteiger partial charge < -0.3 is 15.2 Å². The molecule has 0 radical (unpaired) electrons. The van der Waals surface area contributed by atoms with E-state index in [0.717, 1.165) is 49.8 Å². The van der Waals surface area contributed by atoms with Gasteiger partial charge in [0.2, 0.25) is 0 Å². The van der Waals surface area contributed by atoms with Gasteiger partial charge in [0.25, 0.3) is 0 Å². The molecule has 1 heterocycles. The summed E-state index contributed by atoms with van der Waals surface area (Å²) in [5.41, 5.74) is 1.84. The summed E-state index contributed by atoms with van der Waals surface area (Å²) in [5.74, 6) is 0.173. The van der Waals surface area contributed by atoms with E-state index in [-0.39, 0.29) is 11.8 Å². The number of rotatable bonds is 7. The lowest BCUT2D eigenvalue weighted by atomic mass is 10.1. The summed E-state index contributed by atoms with van der Waals surface area (Å²) in [6, 6.07) is 15.7. The molecule has 0 bridgehead atoms. The Hall–Kier alpha value is -2.86. The quantitative estimate of drug-likeness (QED) is 0.723. The molecule has 1 aliphatic heterocycles. The van der Waals surface area contributed by atoms with Crippen LogP contribution in [0, 0.1) is 0 Å². The van der Waals surface area contributed by atoms with Crippen LogP contribution in [-0.2, 0) is 17.8 Å². The number of nitrogens with zero attached hydrogens (tertiary/aromatic N) is 2. The van der Waals surface area contributed by atoms with Gasteiger partial charge in [0, 0.05) is 13.1 Å². The predicted octanol–water partition coefficient (Wildman–Crippen LogP) is 3.11. The van der Waals surface area contributed by atoms with Gasteiger partial charge >= 0.3 is 6.03 Å². The maximum atomic E-state index is 13.0. The van der Waals surface area contributed by atoms with Crippen molar-refractivity contribution in [3.8, 4) is 5.75 Å². The van der Waals surface area contributed by atoms with Crippen LogP contribution in [0.5, 0.6) is 5.75 Å². The van der Waals surface area contributed by atoms with Gasteiger partial charge in [-0.3, -0.25) is 5.01 Å². The van der Waals surface area contributed by atoms with Crippen molar-refractivity contribution in [1.29, 1.82) is 0 Å². The number of carbonyl (C=O) groups excluding carboxylic acids is 2. The molecule has 0 saturated carbocycles. The number of amides is 2. The lowest BCUT2D eigenvalue weighted by molar-refractivity contribution is -0.109. The maximum Gasteiger partial charge on any atom is 0.332 e. The van der Waals surface area contributed by atoms with E-state index in [1.54, 1.807) is 23.2 Å². The lowest BCUT2D eigenvalue weighted by Gasteiger charge is -2.37. The Kier molecular flexibility index (Phi) is 7.03. The highest BCUT2D eigenvalue weighted by Gasteiger charge is 2.25. The number of carbonyl (C=O) groups is 2. The third-order valence-electron chi connectivity index (χ3n) is 4.92. The molecule has 0 unspecified atom stereocenters. The van der Waals surface area contributed by atoms with Gasteiger partial charge in [-0.2, -0.15) is 0 Å². The molecule has 2 aromatic carbocycles. The molecule has 0 spiro atoms. The van der Waals surface area contributed by atoms with E-state index < -0.39 is 6.04 Å². The highest BCUT2D eigenvalue weighted by atomic mass is 16.3. The Bertz CT molecular complexity index is 776. The molecule has 6 heteroatoms. The van der Waals surface area contributed by atoms with E-state index in [4.69, 9.17) is 0 Å². The molecule has 2 amide bonds. The van der Waals surface area contributed by atoms with Crippen LogP contribution in [0.1, 0.15) is 30.4 Å². The fourth-order valence-corrected chi connectivity index (χ4v) is 3.48. The minimum atomic E-state index is -0.591. The number of aldehydes is 1. The average molecular weight is 381 g/mol. The van der Waals surface area contributed by atoms with Crippen molar-refractivity contribution >= 4 is 12.3 Å². The Morgan fingerprint density at radius 1 is 1.07 bits per heavy atom. The fourth-order valence-electron chi connectivity index (χ4n) is 3.48. The molecule has 3 rings (SSSR count). The normalized spacial score (nSPS) is 15.6. The van der Waals surface area contributed by atoms with E-state index in [9.17, 15) is 14.7 Å². The van der Waals surface area contributed by atoms with Gasteiger partial charge in [0.05, 0.1) is 12.6 Å². The Labute approximate surface area is 165 Å². The lowest BCUT2D eigenvalue weighted by Crippen LogP contribution is -2.54. The third-order valence-corrected chi connectivity index (χ3v) is 4.92. The number of piperidine rings is 1. The zero-order valence-corrected chi connectivity index (χ0v) is 16.0. The predicted molar refractivity (Wildman–Crippen MR) is 108 cm³/mol. The highest BCUT2D eigenvalue weighted by molar-refractivity contribution is 5.78. The number of hydrogen-bond acceptors (Lipinski definition) is 4. The minimum Gasteiger partial charge on any atom is -0.508 e. The Morgan fingerprint density at radius 3 is 2.46 bits per heavy atom. The van der Waals surface area contributed by atoms with Crippen LogP contribution in [0.15, 0.2) is 54.6 Å². The number of phenolic OH excluding ortho intramolecular Hbond substituents is 1. The SMILES string of the molecule is O=C[C@H](Cc1ccccc1)NC(=O)N(Cc1cccc(O)c1)N1CCCCC1. The molecule has 28 heavy (non-hydrogen) atoms. The Morgan fingerprint density at radius 2 is 1.79 bits per heavy atom. The second kappa shape index (κ2) is 9.90. The number of nitrogens with one attached hydrogen (secondary N) is 1. The van der Waals surface area contributed by atoms with Gasteiger partial charge in [-0.25, -0.2) is 9.80 Å². The summed E-state index contributed by atoms with van der Waals surface area (Å²) >= 11 is 0. The second-order valence-corrected chi connectivity index (χ2v) is 7.12. The maximum absolute atomic E-state index is 13.0. The van der Waals surface area contributed by atoms with E-state index in [1.807, 2.05) is 41.4 Å². The summed E-state index contributed by atoms with van der Waals surface area (Å²) < 4.78 is 0. The van der Waals surface area contributed by atoms with Crippen LogP contribution in [0.2, 0.25) is 0 Å². The molecule has 1 fully saturated rings. The molecule has 2 aromatic rings. The first-order chi connectivity index (χ1) is 13.7. The van der Waals surface area contributed by atoms with Crippen LogP contribution in [0.4, 0.5) is 4.79 Å². The largest absolute Gasteiger partial charge is 0.508 e. The standard InChI is InChI=1S/C22H27N3O3/c26-17-20(14-18-8-3-1-4-9-18)23-22(28)25(24-12-5-2-6-13-24)16-19-10-7-11-21(27)15-19/h1,3-4,7-11,15,17,20,27H,2,5-6,12-14,16H2,(H,23,28)/t20-/m0/s1. The summed E-state index contributed by atoms with van der Waals surface area (Å²) in [4.78, 5) is 24.6. The average Bonchev–Trinajstić information content (AvgIpc) is 2.73. The van der Waals surface area contributed by atoms with Crippen molar-refractivity contribution in [3.05, 3.63) is 65.7 Å². The summed E-state index contributed by atoms with van der Waals surface area (Å²) in [7, 11) is 0. The molecule has 2 N–H and O–H groups in total. The van der Waals surface area contributed by atoms with Crippen LogP contribution in [-0.4, -0.2) is 46.6 Å². The van der Waals surface area contributed by atoms with Crippen LogP contribution < -0.4 is 5.32 Å². The van der Waals surface area contributed by atoms with Gasteiger partial charge in [-0.05, 0) is 42.5 Å². The number of hydrazine groups is 1. The number of hydrogen-bond donors (Lipinski definition) is 2. The van der Waals surface area contributed by atoms with E-state index in [1.165, 1.54) is 0 Å². The Balaban J connectivity index is 1.72. The number of benzene rings is 2. The molecule has 1 saturated heterocycles. The zero-order valence-electron chi connectivity index (χ0n) is 16.0. The van der Waals surface area contributed by atoms with Gasteiger partial charge in [0.1, 0.15) is 12.0 Å². The minimum absolute atomic E-state index is 0.173. The van der Waals surface area contributed by atoms with E-state index in [0.29, 0.717) is 13.0 Å². The monoisotopic (exact) mass is 381 g/mol. The molecular weight excluding hydrogens is 354 g/mol. The van der Waals surface area contributed by atoms with Crippen LogP contribution >= 0.6 is 0 Å². The first-order valence-electron chi connectivity index (χ1n) is 9.76. The van der Waals surface area contributed by atoms with Crippen molar-refractivity contribution in [2.24, 2.45) is 0 Å². The molecular formula is C22H27N3O3. The highest BCUT2D eigenvalue weighted by Crippen LogP contribution is 2.18. The van der Waals surface area contributed by atoms with E-state index in [2.05, 4.69) is 5.32 Å². The first kappa shape index (κ1) is 19.9. The molecule has 0 aliphatic carbocycles. The topological polar surface area (TPSA) is 72.9 Å². The number of phenols is 1. The molecule has 1 aliphatic rings. The summed E-state index contributed by atoms with van der Waals surface area (Å²) in [5, 5.41) is 16.3. The summed E-state index contributed by atoms with van der Waals surface area (Å²) in [6.07, 6.45) is 4.46. The smallest absolute Gasteiger partial charge is 0.332 e. The van der Waals surface area contributed by atoms with Crippen molar-refractivity contribution in [2.75, 3.05) is 13.1 Å². The van der Waals surface area contributed by atoms with E-state index >= 15 is 0 Å². The molecule has 1 atom stereocenters. The summed E-state index contributed by atoms with van der Waals surface area (Å²) in [6.45, 7) is 1.95. The fraction of sp³-hybridized carbons (Fsp3) is 0.364. The van der Waals surface area contributed by atoms with Gasteiger partial charge in [-0.1, -0.05) is 48.9 Å². The van der Waals surface area contributed by atoms with Crippen molar-refractivity contribution in [2.45, 2.75) is 38.3 Å². The van der Waals surface area contributed by atoms with Crippen LogP contribution in [0.25, 0.3) is 0 Å². The second-order valence-electron chi connectivity index (χ2n) is 7.12. The molecule has 148 valence electrons. The molecule has 6 nitrogen and oxygen atoms in total. The zero-order chi connectivity index (χ0) is 19.8. The van der Waals surface area contributed by atoms with Crippen LogP contribution in [0.3, 0.4) is 0 Å². The van der Waals surface area contributed by atoms with Crippen molar-refractivity contribution < 1.29 is 14.7 Å².